The van der Waals surface area contributed by atoms with E-state index >= 15 is 0 Å². The summed E-state index contributed by atoms with van der Waals surface area (Å²) in [7, 11) is 1.88. The Balaban J connectivity index is 1.27. The predicted molar refractivity (Wildman–Crippen MR) is 141 cm³/mol. The van der Waals surface area contributed by atoms with Gasteiger partial charge in [-0.05, 0) is 30.3 Å². The zero-order chi connectivity index (χ0) is 25.4. The first-order valence-electron chi connectivity index (χ1n) is 12.1. The topological polar surface area (TPSA) is 117 Å². The summed E-state index contributed by atoms with van der Waals surface area (Å²) in [5, 5.41) is 18.5. The summed E-state index contributed by atoms with van der Waals surface area (Å²) in [5.41, 5.74) is 11.8. The average Bonchev–Trinajstić information content (AvgIpc) is 3.51. The summed E-state index contributed by atoms with van der Waals surface area (Å²) in [5.74, 6) is 1.15. The van der Waals surface area contributed by atoms with Gasteiger partial charge >= 0.3 is 0 Å². The molecule has 10 heteroatoms. The first kappa shape index (κ1) is 22.7. The van der Waals surface area contributed by atoms with E-state index in [1.807, 2.05) is 56.1 Å². The van der Waals surface area contributed by atoms with E-state index in [9.17, 15) is 5.26 Å². The fourth-order valence-electron chi connectivity index (χ4n) is 4.84. The van der Waals surface area contributed by atoms with Gasteiger partial charge in [-0.1, -0.05) is 6.07 Å². The van der Waals surface area contributed by atoms with E-state index in [1.54, 1.807) is 15.4 Å². The number of nitriles is 1. The number of hydrogen-bond donors (Lipinski definition) is 1. The number of aromatic nitrogens is 6. The number of nitrogens with two attached hydrogens (primary N) is 1. The zero-order valence-corrected chi connectivity index (χ0v) is 20.5. The van der Waals surface area contributed by atoms with Crippen molar-refractivity contribution in [2.75, 3.05) is 36.8 Å². The average molecular weight is 491 g/mol. The van der Waals surface area contributed by atoms with Crippen LogP contribution in [-0.4, -0.2) is 60.4 Å². The summed E-state index contributed by atoms with van der Waals surface area (Å²) in [6.07, 6.45) is 9.33. The largest absolute Gasteiger partial charge is 0.381 e. The van der Waals surface area contributed by atoms with E-state index < -0.39 is 0 Å². The number of aryl methyl sites for hydroxylation is 1. The summed E-state index contributed by atoms with van der Waals surface area (Å²) in [6, 6.07) is 14.4. The van der Waals surface area contributed by atoms with Gasteiger partial charge in [0, 0.05) is 86.8 Å². The normalized spacial score (nSPS) is 14.2. The molecule has 6 rings (SSSR count). The van der Waals surface area contributed by atoms with E-state index in [4.69, 9.17) is 10.7 Å². The van der Waals surface area contributed by atoms with Crippen LogP contribution in [0.2, 0.25) is 0 Å². The maximum atomic E-state index is 9.77. The Labute approximate surface area is 214 Å². The standard InChI is InChI=1S/C27H26N10/c1-34-16-21(15-32-34)20-12-23(26-24(13-28)27(29)33-37(26)17-20)19-5-6-25(31-14-19)36-10-8-35(9-11-36)18-22-4-2-3-7-30-22/h2-7,12,14-17H,8-11,18H2,1H3,(H2,29,33). The van der Waals surface area contributed by atoms with Gasteiger partial charge in [0.1, 0.15) is 17.5 Å². The maximum Gasteiger partial charge on any atom is 0.164 e. The molecular weight excluding hydrogens is 464 g/mol. The Bertz CT molecular complexity index is 1590. The van der Waals surface area contributed by atoms with E-state index in [2.05, 4.69) is 43.2 Å². The second-order valence-corrected chi connectivity index (χ2v) is 9.20. The monoisotopic (exact) mass is 490 g/mol. The molecule has 1 aliphatic heterocycles. The van der Waals surface area contributed by atoms with Crippen molar-refractivity contribution in [3.63, 3.8) is 0 Å². The number of piperazine rings is 1. The lowest BCUT2D eigenvalue weighted by molar-refractivity contribution is 0.246. The highest BCUT2D eigenvalue weighted by atomic mass is 15.3. The molecule has 0 aliphatic carbocycles. The molecule has 0 atom stereocenters. The molecule has 184 valence electrons. The SMILES string of the molecule is Cn1cc(-c2cc(-c3ccc(N4CCN(Cc5ccccn5)CC4)nc3)c3c(C#N)c(N)nn3c2)cn1. The van der Waals surface area contributed by atoms with Crippen LogP contribution in [0.4, 0.5) is 11.6 Å². The predicted octanol–water partition coefficient (Wildman–Crippen LogP) is 2.97. The molecule has 0 radical (unpaired) electrons. The van der Waals surface area contributed by atoms with Crippen molar-refractivity contribution in [2.24, 2.45) is 7.05 Å². The Morgan fingerprint density at radius 1 is 0.973 bits per heavy atom. The van der Waals surface area contributed by atoms with Crippen LogP contribution in [-0.2, 0) is 13.6 Å². The third kappa shape index (κ3) is 4.37. The van der Waals surface area contributed by atoms with Gasteiger partial charge in [-0.3, -0.25) is 14.6 Å². The maximum absolute atomic E-state index is 9.77. The fourth-order valence-corrected chi connectivity index (χ4v) is 4.84. The molecule has 0 amide bonds. The number of hydrogen-bond acceptors (Lipinski definition) is 8. The van der Waals surface area contributed by atoms with Crippen LogP contribution in [0.15, 0.2) is 67.4 Å². The lowest BCUT2D eigenvalue weighted by atomic mass is 10.0. The summed E-state index contributed by atoms with van der Waals surface area (Å²) >= 11 is 0. The molecule has 6 heterocycles. The van der Waals surface area contributed by atoms with Crippen molar-refractivity contribution in [1.82, 2.24) is 34.3 Å². The van der Waals surface area contributed by atoms with Gasteiger partial charge in [-0.25, -0.2) is 9.50 Å². The molecule has 1 saturated heterocycles. The highest BCUT2D eigenvalue weighted by Crippen LogP contribution is 2.34. The molecule has 10 nitrogen and oxygen atoms in total. The second kappa shape index (κ2) is 9.37. The van der Waals surface area contributed by atoms with E-state index in [1.165, 1.54) is 0 Å². The number of nitrogens with zero attached hydrogens (tertiary/aromatic N) is 9. The molecule has 0 aromatic carbocycles. The molecule has 0 unspecified atom stereocenters. The van der Waals surface area contributed by atoms with Crippen LogP contribution in [0.3, 0.4) is 0 Å². The van der Waals surface area contributed by atoms with Gasteiger partial charge in [-0.15, -0.1) is 5.10 Å². The van der Waals surface area contributed by atoms with Gasteiger partial charge in [-0.2, -0.15) is 10.4 Å². The third-order valence-electron chi connectivity index (χ3n) is 6.77. The van der Waals surface area contributed by atoms with Crippen molar-refractivity contribution in [2.45, 2.75) is 6.54 Å². The smallest absolute Gasteiger partial charge is 0.164 e. The lowest BCUT2D eigenvalue weighted by Gasteiger charge is -2.35. The number of rotatable bonds is 5. The van der Waals surface area contributed by atoms with Gasteiger partial charge in [0.05, 0.1) is 17.4 Å². The van der Waals surface area contributed by atoms with E-state index in [0.29, 0.717) is 11.1 Å². The van der Waals surface area contributed by atoms with Crippen LogP contribution in [0.1, 0.15) is 11.3 Å². The number of nitrogen functional groups attached to an aromatic ring is 1. The molecule has 1 fully saturated rings. The molecule has 0 saturated carbocycles. The Hall–Kier alpha value is -4.75. The molecular formula is C27H26N10. The van der Waals surface area contributed by atoms with Crippen molar-refractivity contribution < 1.29 is 0 Å². The summed E-state index contributed by atoms with van der Waals surface area (Å²) < 4.78 is 3.43. The minimum absolute atomic E-state index is 0.209. The Kier molecular flexibility index (Phi) is 5.75. The van der Waals surface area contributed by atoms with Crippen molar-refractivity contribution in [3.05, 3.63) is 78.6 Å². The first-order chi connectivity index (χ1) is 18.1. The van der Waals surface area contributed by atoms with Gasteiger partial charge in [0.25, 0.3) is 0 Å². The minimum atomic E-state index is 0.209. The van der Waals surface area contributed by atoms with Gasteiger partial charge in [0.2, 0.25) is 0 Å². The molecule has 2 N–H and O–H groups in total. The number of fused-ring (bicyclic) bond motifs is 1. The molecule has 37 heavy (non-hydrogen) atoms. The quantitative estimate of drug-likeness (QED) is 0.400. The van der Waals surface area contributed by atoms with Crippen LogP contribution in [0, 0.1) is 11.3 Å². The molecule has 1 aliphatic rings. The minimum Gasteiger partial charge on any atom is -0.381 e. The third-order valence-corrected chi connectivity index (χ3v) is 6.77. The molecule has 5 aromatic heterocycles. The molecule has 0 bridgehead atoms. The number of anilines is 2. The van der Waals surface area contributed by atoms with Crippen molar-refractivity contribution >= 4 is 17.2 Å². The van der Waals surface area contributed by atoms with Crippen molar-refractivity contribution in [1.29, 1.82) is 5.26 Å². The van der Waals surface area contributed by atoms with Crippen LogP contribution >= 0.6 is 0 Å². The van der Waals surface area contributed by atoms with Gasteiger partial charge < -0.3 is 10.6 Å². The number of pyridine rings is 3. The summed E-state index contributed by atoms with van der Waals surface area (Å²) in [6.45, 7) is 4.57. The van der Waals surface area contributed by atoms with E-state index in [-0.39, 0.29) is 5.82 Å². The van der Waals surface area contributed by atoms with E-state index in [0.717, 1.165) is 66.5 Å². The van der Waals surface area contributed by atoms with Crippen molar-refractivity contribution in [3.8, 4) is 28.3 Å². The molecule has 5 aromatic rings. The van der Waals surface area contributed by atoms with Crippen LogP contribution in [0.5, 0.6) is 0 Å². The van der Waals surface area contributed by atoms with Gasteiger partial charge in [0.15, 0.2) is 5.82 Å². The molecule has 0 spiro atoms. The zero-order valence-electron chi connectivity index (χ0n) is 20.5. The first-order valence-corrected chi connectivity index (χ1v) is 12.1. The fraction of sp³-hybridized carbons (Fsp3) is 0.222. The summed E-state index contributed by atoms with van der Waals surface area (Å²) in [4.78, 5) is 14.0. The highest BCUT2D eigenvalue weighted by Gasteiger charge is 2.20. The van der Waals surface area contributed by atoms with Crippen LogP contribution < -0.4 is 10.6 Å². The Morgan fingerprint density at radius 3 is 2.51 bits per heavy atom. The van der Waals surface area contributed by atoms with Crippen LogP contribution in [0.25, 0.3) is 27.8 Å². The lowest BCUT2D eigenvalue weighted by Crippen LogP contribution is -2.46. The second-order valence-electron chi connectivity index (χ2n) is 9.20. The Morgan fingerprint density at radius 2 is 1.84 bits per heavy atom. The highest BCUT2D eigenvalue weighted by molar-refractivity contribution is 5.90.